The number of rotatable bonds is 7. The number of anilines is 1. The molecule has 1 N–H and O–H groups in total. The lowest BCUT2D eigenvalue weighted by Gasteiger charge is -2.15. The molecular weight excluding hydrogens is 492 g/mol. The van der Waals surface area contributed by atoms with Crippen molar-refractivity contribution >= 4 is 29.0 Å². The molecule has 35 heavy (non-hydrogen) atoms. The van der Waals surface area contributed by atoms with Crippen LogP contribution in [0.25, 0.3) is 0 Å². The summed E-state index contributed by atoms with van der Waals surface area (Å²) in [4.78, 5) is 12.6. The van der Waals surface area contributed by atoms with E-state index in [1.165, 1.54) is 14.2 Å². The Bertz CT molecular complexity index is 1310. The highest BCUT2D eigenvalue weighted by molar-refractivity contribution is 6.30. The van der Waals surface area contributed by atoms with E-state index in [0.717, 1.165) is 0 Å². The van der Waals surface area contributed by atoms with Gasteiger partial charge in [-0.1, -0.05) is 29.8 Å². The summed E-state index contributed by atoms with van der Waals surface area (Å²) in [6.45, 7) is 0. The van der Waals surface area contributed by atoms with Crippen LogP contribution in [0.4, 0.5) is 23.2 Å². The smallest absolute Gasteiger partial charge is 0.343 e. The first-order valence-electron chi connectivity index (χ1n) is 10.1. The number of ether oxygens (including phenoxy) is 3. The molecule has 0 aromatic heterocycles. The second-order valence-electron chi connectivity index (χ2n) is 7.38. The quantitative estimate of drug-likeness (QED) is 0.139. The van der Waals surface area contributed by atoms with E-state index in [1.807, 2.05) is 0 Å². The fourth-order valence-corrected chi connectivity index (χ4v) is 3.79. The van der Waals surface area contributed by atoms with Crippen molar-refractivity contribution in [3.63, 3.8) is 0 Å². The Hall–Kier alpha value is -3.79. The van der Waals surface area contributed by atoms with Crippen LogP contribution in [0, 0.1) is 23.3 Å². The fraction of sp³-hybridized carbons (Fsp3) is 0.167. The predicted octanol–water partition coefficient (Wildman–Crippen LogP) is 6.03. The van der Waals surface area contributed by atoms with Crippen LogP contribution in [0.15, 0.2) is 47.6 Å². The molecule has 4 rings (SSSR count). The monoisotopic (exact) mass is 508 g/mol. The molecule has 0 fully saturated rings. The molecule has 11 heteroatoms. The number of fused-ring (bicyclic) bond motifs is 1. The Balaban J connectivity index is 1.74. The Morgan fingerprint density at radius 2 is 1.69 bits per heavy atom. The van der Waals surface area contributed by atoms with Crippen molar-refractivity contribution in [3.05, 3.63) is 87.4 Å². The van der Waals surface area contributed by atoms with Crippen molar-refractivity contribution in [1.29, 1.82) is 0 Å². The van der Waals surface area contributed by atoms with Gasteiger partial charge in [-0.2, -0.15) is 5.10 Å². The number of hydrogen-bond donors (Lipinski definition) is 1. The van der Waals surface area contributed by atoms with Gasteiger partial charge in [0.15, 0.2) is 34.8 Å². The standard InChI is InChI=1S/C24H17ClF4N2O4/c1-33-17-8-7-13-18(35-24(32)19(13)23(17)34-2)10-16(11-3-5-12(25)6-4-11)30-31-22-20(28)14(26)9-15(27)21(22)29/h3-9,18,31H,10H2,1-2H3. The number of carbonyl (C=O) groups is 1. The summed E-state index contributed by atoms with van der Waals surface area (Å²) in [6.07, 6.45) is -0.920. The van der Waals surface area contributed by atoms with Gasteiger partial charge in [0.1, 0.15) is 17.4 Å². The average Bonchev–Trinajstić information content (AvgIpc) is 3.17. The molecule has 0 aliphatic carbocycles. The van der Waals surface area contributed by atoms with Gasteiger partial charge in [-0.15, -0.1) is 0 Å². The van der Waals surface area contributed by atoms with Gasteiger partial charge in [0, 0.05) is 23.1 Å². The number of halogens is 5. The van der Waals surface area contributed by atoms with Crippen molar-refractivity contribution in [2.45, 2.75) is 12.5 Å². The molecule has 1 unspecified atom stereocenters. The minimum atomic E-state index is -1.64. The third-order valence-electron chi connectivity index (χ3n) is 5.35. The van der Waals surface area contributed by atoms with Crippen LogP contribution in [0.5, 0.6) is 11.5 Å². The van der Waals surface area contributed by atoms with Crippen LogP contribution in [0.2, 0.25) is 5.02 Å². The van der Waals surface area contributed by atoms with Gasteiger partial charge in [-0.25, -0.2) is 22.4 Å². The summed E-state index contributed by atoms with van der Waals surface area (Å²) in [5.74, 6) is -6.59. The van der Waals surface area contributed by atoms with Crippen molar-refractivity contribution in [2.75, 3.05) is 19.6 Å². The van der Waals surface area contributed by atoms with Crippen LogP contribution in [-0.4, -0.2) is 25.9 Å². The number of carbonyl (C=O) groups excluding carboxylic acids is 1. The summed E-state index contributed by atoms with van der Waals surface area (Å²) < 4.78 is 71.5. The normalized spacial score (nSPS) is 15.0. The molecule has 0 saturated carbocycles. The predicted molar refractivity (Wildman–Crippen MR) is 120 cm³/mol. The minimum absolute atomic E-state index is 0.0656. The summed E-state index contributed by atoms with van der Waals surface area (Å²) in [5, 5.41) is 4.42. The summed E-state index contributed by atoms with van der Waals surface area (Å²) >= 11 is 5.95. The molecule has 0 saturated heterocycles. The third kappa shape index (κ3) is 4.61. The van der Waals surface area contributed by atoms with Gasteiger partial charge >= 0.3 is 5.97 Å². The summed E-state index contributed by atoms with van der Waals surface area (Å²) in [7, 11) is 2.80. The maximum Gasteiger partial charge on any atom is 0.343 e. The van der Waals surface area contributed by atoms with E-state index in [-0.39, 0.29) is 29.5 Å². The zero-order chi connectivity index (χ0) is 25.3. The van der Waals surface area contributed by atoms with E-state index < -0.39 is 41.0 Å². The largest absolute Gasteiger partial charge is 0.493 e. The number of nitrogens with one attached hydrogen (secondary N) is 1. The van der Waals surface area contributed by atoms with Crippen LogP contribution < -0.4 is 14.9 Å². The Kier molecular flexibility index (Phi) is 6.83. The molecular formula is C24H17ClF4N2O4. The number of methoxy groups -OCH3 is 2. The zero-order valence-corrected chi connectivity index (χ0v) is 19.1. The van der Waals surface area contributed by atoms with Gasteiger partial charge in [0.05, 0.1) is 19.9 Å². The highest BCUT2D eigenvalue weighted by Crippen LogP contribution is 2.43. The van der Waals surface area contributed by atoms with E-state index in [1.54, 1.807) is 36.4 Å². The van der Waals surface area contributed by atoms with E-state index >= 15 is 0 Å². The molecule has 182 valence electrons. The SMILES string of the molecule is COc1ccc2c(c1OC)C(=O)OC2CC(=NNc1c(F)c(F)cc(F)c1F)c1ccc(Cl)cc1. The number of nitrogens with zero attached hydrogens (tertiary/aromatic N) is 1. The van der Waals surface area contributed by atoms with Crippen molar-refractivity contribution in [2.24, 2.45) is 5.10 Å². The number of esters is 1. The average molecular weight is 509 g/mol. The highest BCUT2D eigenvalue weighted by Gasteiger charge is 2.36. The first-order chi connectivity index (χ1) is 16.7. The first kappa shape index (κ1) is 24.3. The molecule has 1 atom stereocenters. The van der Waals surface area contributed by atoms with E-state index in [2.05, 4.69) is 10.5 Å². The van der Waals surface area contributed by atoms with Crippen LogP contribution in [0.1, 0.15) is 34.0 Å². The molecule has 0 amide bonds. The molecule has 0 radical (unpaired) electrons. The molecule has 1 aliphatic rings. The Morgan fingerprint density at radius 3 is 2.29 bits per heavy atom. The van der Waals surface area contributed by atoms with Crippen molar-refractivity contribution < 1.29 is 36.6 Å². The lowest BCUT2D eigenvalue weighted by Crippen LogP contribution is -2.12. The van der Waals surface area contributed by atoms with E-state index in [4.69, 9.17) is 25.8 Å². The Morgan fingerprint density at radius 1 is 1.03 bits per heavy atom. The fourth-order valence-electron chi connectivity index (χ4n) is 3.66. The van der Waals surface area contributed by atoms with Gasteiger partial charge in [0.25, 0.3) is 0 Å². The highest BCUT2D eigenvalue weighted by atomic mass is 35.5. The number of cyclic esters (lactones) is 1. The number of benzene rings is 3. The Labute approximate surface area is 202 Å². The molecule has 3 aromatic carbocycles. The second kappa shape index (κ2) is 9.83. The maximum atomic E-state index is 14.1. The van der Waals surface area contributed by atoms with Gasteiger partial charge in [-0.05, 0) is 23.8 Å². The third-order valence-corrected chi connectivity index (χ3v) is 5.60. The van der Waals surface area contributed by atoms with E-state index in [0.29, 0.717) is 21.9 Å². The zero-order valence-electron chi connectivity index (χ0n) is 18.3. The van der Waals surface area contributed by atoms with Gasteiger partial charge in [0.2, 0.25) is 0 Å². The summed E-state index contributed by atoms with van der Waals surface area (Å²) in [5.41, 5.74) is 2.21. The summed E-state index contributed by atoms with van der Waals surface area (Å²) in [6, 6.07) is 9.58. The number of hydrogen-bond acceptors (Lipinski definition) is 6. The van der Waals surface area contributed by atoms with E-state index in [9.17, 15) is 22.4 Å². The van der Waals surface area contributed by atoms with Crippen molar-refractivity contribution in [1.82, 2.24) is 0 Å². The minimum Gasteiger partial charge on any atom is -0.493 e. The molecule has 0 spiro atoms. The first-order valence-corrected chi connectivity index (χ1v) is 10.5. The second-order valence-corrected chi connectivity index (χ2v) is 7.82. The van der Waals surface area contributed by atoms with Gasteiger partial charge < -0.3 is 14.2 Å². The lowest BCUT2D eigenvalue weighted by molar-refractivity contribution is 0.0398. The van der Waals surface area contributed by atoms with Crippen LogP contribution >= 0.6 is 11.6 Å². The van der Waals surface area contributed by atoms with Crippen molar-refractivity contribution in [3.8, 4) is 11.5 Å². The topological polar surface area (TPSA) is 69.2 Å². The molecule has 1 heterocycles. The van der Waals surface area contributed by atoms with Crippen LogP contribution in [-0.2, 0) is 4.74 Å². The van der Waals surface area contributed by atoms with Gasteiger partial charge in [-0.3, -0.25) is 5.43 Å². The number of hydrazone groups is 1. The van der Waals surface area contributed by atoms with Crippen LogP contribution in [0.3, 0.4) is 0 Å². The maximum absolute atomic E-state index is 14.1. The molecule has 0 bridgehead atoms. The lowest BCUT2D eigenvalue weighted by atomic mass is 9.97. The molecule has 6 nitrogen and oxygen atoms in total. The molecule has 3 aromatic rings. The molecule has 1 aliphatic heterocycles.